The van der Waals surface area contributed by atoms with Crippen molar-refractivity contribution < 1.29 is 9.50 Å². The summed E-state index contributed by atoms with van der Waals surface area (Å²) in [6, 6.07) is 14.6. The van der Waals surface area contributed by atoms with Crippen LogP contribution in [0.3, 0.4) is 0 Å². The summed E-state index contributed by atoms with van der Waals surface area (Å²) >= 11 is 0. The highest BCUT2D eigenvalue weighted by Crippen LogP contribution is 2.48. The highest BCUT2D eigenvalue weighted by molar-refractivity contribution is 5.65. The molecule has 0 aliphatic heterocycles. The van der Waals surface area contributed by atoms with Gasteiger partial charge in [-0.1, -0.05) is 36.4 Å². The van der Waals surface area contributed by atoms with Gasteiger partial charge >= 0.3 is 0 Å². The maximum Gasteiger partial charge on any atom is 0.131 e. The van der Waals surface area contributed by atoms with Gasteiger partial charge in [0, 0.05) is 5.56 Å². The minimum absolute atomic E-state index is 0.310. The summed E-state index contributed by atoms with van der Waals surface area (Å²) in [5, 5.41) is 19.2. The quantitative estimate of drug-likeness (QED) is 0.918. The van der Waals surface area contributed by atoms with Gasteiger partial charge in [-0.15, -0.1) is 0 Å². The van der Waals surface area contributed by atoms with Crippen molar-refractivity contribution in [3.63, 3.8) is 0 Å². The molecule has 0 radical (unpaired) electrons. The second kappa shape index (κ2) is 4.93. The SMILES string of the molecule is CC(C)(O)c1ccc(-c2ccc(C3(C#N)CC3)cc2F)cc1. The first-order chi connectivity index (χ1) is 10.4. The Morgan fingerprint density at radius 3 is 2.23 bits per heavy atom. The highest BCUT2D eigenvalue weighted by Gasteiger charge is 2.45. The average molecular weight is 295 g/mol. The summed E-state index contributed by atoms with van der Waals surface area (Å²) in [4.78, 5) is 0. The molecule has 2 aromatic carbocycles. The zero-order chi connectivity index (χ0) is 16.0. The normalized spacial score (nSPS) is 16.1. The van der Waals surface area contributed by atoms with E-state index < -0.39 is 11.0 Å². The number of rotatable bonds is 3. The van der Waals surface area contributed by atoms with Gasteiger partial charge in [-0.05, 0) is 49.4 Å². The standard InChI is InChI=1S/C19H18FNO/c1-18(2,22)14-5-3-13(4-6-14)16-8-7-15(11-17(16)20)19(12-21)9-10-19/h3-8,11,22H,9-10H2,1-2H3. The summed E-state index contributed by atoms with van der Waals surface area (Å²) in [6.45, 7) is 3.43. The van der Waals surface area contributed by atoms with E-state index in [9.17, 15) is 14.8 Å². The van der Waals surface area contributed by atoms with E-state index >= 15 is 0 Å². The number of benzene rings is 2. The van der Waals surface area contributed by atoms with Crippen LogP contribution >= 0.6 is 0 Å². The molecule has 1 aliphatic rings. The predicted octanol–water partition coefficient (Wildman–Crippen LogP) is 4.28. The number of nitrogens with zero attached hydrogens (tertiary/aromatic N) is 1. The molecule has 0 saturated heterocycles. The van der Waals surface area contributed by atoms with Crippen LogP contribution in [0.4, 0.5) is 4.39 Å². The first-order valence-electron chi connectivity index (χ1n) is 7.40. The molecule has 2 nitrogen and oxygen atoms in total. The molecule has 0 unspecified atom stereocenters. The van der Waals surface area contributed by atoms with E-state index in [1.54, 1.807) is 32.0 Å². The molecule has 3 rings (SSSR count). The molecule has 0 aromatic heterocycles. The Hall–Kier alpha value is -2.18. The van der Waals surface area contributed by atoms with E-state index in [-0.39, 0.29) is 5.82 Å². The van der Waals surface area contributed by atoms with Gasteiger partial charge in [0.2, 0.25) is 0 Å². The summed E-state index contributed by atoms with van der Waals surface area (Å²) in [5.41, 5.74) is 1.45. The van der Waals surface area contributed by atoms with Crippen molar-refractivity contribution in [3.05, 3.63) is 59.4 Å². The molecule has 1 N–H and O–H groups in total. The van der Waals surface area contributed by atoms with Gasteiger partial charge in [0.05, 0.1) is 17.1 Å². The zero-order valence-corrected chi connectivity index (χ0v) is 12.7. The molecule has 3 heteroatoms. The molecule has 0 amide bonds. The minimum Gasteiger partial charge on any atom is -0.386 e. The van der Waals surface area contributed by atoms with Crippen LogP contribution in [0.2, 0.25) is 0 Å². The second-order valence-electron chi connectivity index (χ2n) is 6.52. The van der Waals surface area contributed by atoms with Crippen molar-refractivity contribution in [2.45, 2.75) is 37.7 Å². The Morgan fingerprint density at radius 1 is 1.14 bits per heavy atom. The average Bonchev–Trinajstić information content (AvgIpc) is 3.27. The van der Waals surface area contributed by atoms with Gasteiger partial charge in [0.1, 0.15) is 5.82 Å². The lowest BCUT2D eigenvalue weighted by atomic mass is 9.92. The van der Waals surface area contributed by atoms with Crippen molar-refractivity contribution in [1.29, 1.82) is 5.26 Å². The van der Waals surface area contributed by atoms with Crippen molar-refractivity contribution in [2.24, 2.45) is 0 Å². The van der Waals surface area contributed by atoms with E-state index in [4.69, 9.17) is 0 Å². The molecule has 0 spiro atoms. The van der Waals surface area contributed by atoms with E-state index in [1.165, 1.54) is 6.07 Å². The smallest absolute Gasteiger partial charge is 0.131 e. The second-order valence-corrected chi connectivity index (χ2v) is 6.52. The molecule has 2 aromatic rings. The molecule has 1 saturated carbocycles. The number of halogens is 1. The number of hydrogen-bond donors (Lipinski definition) is 1. The molecule has 1 fully saturated rings. The third-order valence-corrected chi connectivity index (χ3v) is 4.39. The monoisotopic (exact) mass is 295 g/mol. The first-order valence-corrected chi connectivity index (χ1v) is 7.40. The molecular weight excluding hydrogens is 277 g/mol. The summed E-state index contributed by atoms with van der Waals surface area (Å²) in [7, 11) is 0. The molecule has 0 heterocycles. The van der Waals surface area contributed by atoms with Gasteiger partial charge in [-0.3, -0.25) is 0 Å². The molecule has 22 heavy (non-hydrogen) atoms. The summed E-state index contributed by atoms with van der Waals surface area (Å²) < 4.78 is 14.4. The third-order valence-electron chi connectivity index (χ3n) is 4.39. The number of aliphatic hydroxyl groups is 1. The Balaban J connectivity index is 1.94. The van der Waals surface area contributed by atoms with Gasteiger partial charge in [-0.2, -0.15) is 5.26 Å². The maximum atomic E-state index is 14.4. The lowest BCUT2D eigenvalue weighted by molar-refractivity contribution is 0.0786. The van der Waals surface area contributed by atoms with Crippen LogP contribution in [0.1, 0.15) is 37.8 Å². The van der Waals surface area contributed by atoms with E-state index in [1.807, 2.05) is 18.2 Å². The lowest BCUT2D eigenvalue weighted by Gasteiger charge is -2.18. The molecule has 0 atom stereocenters. The van der Waals surface area contributed by atoms with Gasteiger partial charge < -0.3 is 5.11 Å². The van der Waals surface area contributed by atoms with Crippen molar-refractivity contribution in [2.75, 3.05) is 0 Å². The van der Waals surface area contributed by atoms with Crippen LogP contribution in [0.15, 0.2) is 42.5 Å². The van der Waals surface area contributed by atoms with E-state index in [2.05, 4.69) is 6.07 Å². The summed E-state index contributed by atoms with van der Waals surface area (Å²) in [6.07, 6.45) is 1.62. The van der Waals surface area contributed by atoms with Crippen LogP contribution < -0.4 is 0 Å². The Bertz CT molecular complexity index is 746. The Morgan fingerprint density at radius 2 is 1.77 bits per heavy atom. The fourth-order valence-corrected chi connectivity index (χ4v) is 2.69. The maximum absolute atomic E-state index is 14.4. The van der Waals surface area contributed by atoms with Crippen LogP contribution in [-0.4, -0.2) is 5.11 Å². The topological polar surface area (TPSA) is 44.0 Å². The lowest BCUT2D eigenvalue weighted by Crippen LogP contribution is -2.14. The van der Waals surface area contributed by atoms with Crippen LogP contribution in [0.25, 0.3) is 11.1 Å². The van der Waals surface area contributed by atoms with Crippen molar-refractivity contribution in [3.8, 4) is 17.2 Å². The Labute approximate surface area is 129 Å². The van der Waals surface area contributed by atoms with E-state index in [0.29, 0.717) is 5.56 Å². The summed E-state index contributed by atoms with van der Waals surface area (Å²) in [5.74, 6) is -0.310. The van der Waals surface area contributed by atoms with Gasteiger partial charge in [0.25, 0.3) is 0 Å². The largest absolute Gasteiger partial charge is 0.386 e. The van der Waals surface area contributed by atoms with Gasteiger partial charge in [-0.25, -0.2) is 4.39 Å². The molecule has 1 aliphatic carbocycles. The third kappa shape index (κ3) is 2.51. The first kappa shape index (κ1) is 14.7. The van der Waals surface area contributed by atoms with E-state index in [0.717, 1.165) is 29.5 Å². The fraction of sp³-hybridized carbons (Fsp3) is 0.316. The fourth-order valence-electron chi connectivity index (χ4n) is 2.69. The number of hydrogen-bond acceptors (Lipinski definition) is 2. The Kier molecular flexibility index (Phi) is 3.30. The molecular formula is C19H18FNO. The van der Waals surface area contributed by atoms with Crippen molar-refractivity contribution in [1.82, 2.24) is 0 Å². The zero-order valence-electron chi connectivity index (χ0n) is 12.7. The van der Waals surface area contributed by atoms with Gasteiger partial charge in [0.15, 0.2) is 0 Å². The minimum atomic E-state index is -0.911. The molecule has 112 valence electrons. The predicted molar refractivity (Wildman–Crippen MR) is 83.6 cm³/mol. The van der Waals surface area contributed by atoms with Crippen LogP contribution in [0, 0.1) is 17.1 Å². The van der Waals surface area contributed by atoms with Crippen LogP contribution in [0.5, 0.6) is 0 Å². The molecule has 0 bridgehead atoms. The van der Waals surface area contributed by atoms with Crippen LogP contribution in [-0.2, 0) is 11.0 Å². The number of nitriles is 1. The highest BCUT2D eigenvalue weighted by atomic mass is 19.1. The van der Waals surface area contributed by atoms with Crippen molar-refractivity contribution >= 4 is 0 Å².